The van der Waals surface area contributed by atoms with E-state index in [0.29, 0.717) is 6.04 Å². The van der Waals surface area contributed by atoms with Crippen molar-refractivity contribution in [2.75, 3.05) is 11.4 Å². The van der Waals surface area contributed by atoms with Crippen LogP contribution < -0.4 is 4.90 Å². The lowest BCUT2D eigenvalue weighted by Gasteiger charge is -2.37. The van der Waals surface area contributed by atoms with E-state index >= 15 is 0 Å². The topological polar surface area (TPSA) is 36.4 Å². The first-order valence-corrected chi connectivity index (χ1v) is 6.63. The van der Waals surface area contributed by atoms with Crippen LogP contribution in [0.5, 0.6) is 0 Å². The minimum Gasteiger partial charge on any atom is -0.389 e. The van der Waals surface area contributed by atoms with Crippen LogP contribution in [0.2, 0.25) is 0 Å². The Morgan fingerprint density at radius 3 is 3.06 bits per heavy atom. The summed E-state index contributed by atoms with van der Waals surface area (Å²) in [7, 11) is 0. The molecule has 1 fully saturated rings. The SMILES string of the molecule is CCC1CCCCN1c1ncccc1[C@H](C)O. The summed E-state index contributed by atoms with van der Waals surface area (Å²) in [5.74, 6) is 0.981. The number of rotatable bonds is 3. The Labute approximate surface area is 103 Å². The second-order valence-corrected chi connectivity index (χ2v) is 4.84. The fraction of sp³-hybridized carbons (Fsp3) is 0.643. The standard InChI is InChI=1S/C14H22N2O/c1-3-12-7-4-5-10-16(12)14-13(11(2)17)8-6-9-15-14/h6,8-9,11-12,17H,3-5,7,10H2,1-2H3/t11-,12?/m0/s1. The summed E-state index contributed by atoms with van der Waals surface area (Å²) >= 11 is 0. The number of aliphatic hydroxyl groups is 1. The maximum absolute atomic E-state index is 9.83. The van der Waals surface area contributed by atoms with E-state index in [1.54, 1.807) is 0 Å². The Morgan fingerprint density at radius 1 is 1.53 bits per heavy atom. The molecule has 0 aliphatic carbocycles. The van der Waals surface area contributed by atoms with E-state index in [1.807, 2.05) is 25.3 Å². The van der Waals surface area contributed by atoms with Crippen LogP contribution in [0.1, 0.15) is 51.2 Å². The molecule has 0 saturated carbocycles. The number of piperidine rings is 1. The minimum atomic E-state index is -0.446. The zero-order chi connectivity index (χ0) is 12.3. The molecule has 2 heterocycles. The van der Waals surface area contributed by atoms with Gasteiger partial charge in [0.25, 0.3) is 0 Å². The molecule has 3 nitrogen and oxygen atoms in total. The maximum atomic E-state index is 9.83. The van der Waals surface area contributed by atoms with E-state index < -0.39 is 6.10 Å². The van der Waals surface area contributed by atoms with E-state index in [2.05, 4.69) is 16.8 Å². The molecule has 3 heteroatoms. The summed E-state index contributed by atoms with van der Waals surface area (Å²) in [5, 5.41) is 9.83. The van der Waals surface area contributed by atoms with Gasteiger partial charge >= 0.3 is 0 Å². The van der Waals surface area contributed by atoms with E-state index in [1.165, 1.54) is 19.3 Å². The molecule has 1 aliphatic rings. The summed E-state index contributed by atoms with van der Waals surface area (Å²) in [6.45, 7) is 5.11. The van der Waals surface area contributed by atoms with Crippen LogP contribution in [0.15, 0.2) is 18.3 Å². The molecule has 1 aromatic rings. The second kappa shape index (κ2) is 5.50. The van der Waals surface area contributed by atoms with Crippen molar-refractivity contribution in [3.05, 3.63) is 23.9 Å². The Kier molecular flexibility index (Phi) is 4.00. The molecule has 0 amide bonds. The summed E-state index contributed by atoms with van der Waals surface area (Å²) in [5.41, 5.74) is 0.952. The Bertz CT molecular complexity index is 365. The van der Waals surface area contributed by atoms with Gasteiger partial charge in [-0.3, -0.25) is 0 Å². The van der Waals surface area contributed by atoms with Crippen LogP contribution in [-0.2, 0) is 0 Å². The number of hydrogen-bond acceptors (Lipinski definition) is 3. The van der Waals surface area contributed by atoms with Crippen LogP contribution in [0.4, 0.5) is 5.82 Å². The molecule has 2 rings (SSSR count). The molecule has 2 atom stereocenters. The van der Waals surface area contributed by atoms with Crippen molar-refractivity contribution < 1.29 is 5.11 Å². The highest BCUT2D eigenvalue weighted by molar-refractivity contribution is 5.49. The lowest BCUT2D eigenvalue weighted by molar-refractivity contribution is 0.199. The fourth-order valence-electron chi connectivity index (χ4n) is 2.68. The molecule has 0 bridgehead atoms. The average Bonchev–Trinajstić information content (AvgIpc) is 2.38. The van der Waals surface area contributed by atoms with Crippen LogP contribution in [0.25, 0.3) is 0 Å². The van der Waals surface area contributed by atoms with E-state index in [9.17, 15) is 5.11 Å². The highest BCUT2D eigenvalue weighted by atomic mass is 16.3. The number of aliphatic hydroxyl groups excluding tert-OH is 1. The second-order valence-electron chi connectivity index (χ2n) is 4.84. The van der Waals surface area contributed by atoms with E-state index in [-0.39, 0.29) is 0 Å². The van der Waals surface area contributed by atoms with E-state index in [0.717, 1.165) is 24.3 Å². The van der Waals surface area contributed by atoms with Gasteiger partial charge in [0.1, 0.15) is 5.82 Å². The quantitative estimate of drug-likeness (QED) is 0.873. The molecule has 1 unspecified atom stereocenters. The zero-order valence-corrected chi connectivity index (χ0v) is 10.8. The zero-order valence-electron chi connectivity index (χ0n) is 10.8. The van der Waals surface area contributed by atoms with Crippen molar-refractivity contribution >= 4 is 5.82 Å². The molecule has 94 valence electrons. The van der Waals surface area contributed by atoms with Crippen molar-refractivity contribution in [1.82, 2.24) is 4.98 Å². The van der Waals surface area contributed by atoms with Gasteiger partial charge in [-0.2, -0.15) is 0 Å². The van der Waals surface area contributed by atoms with Crippen molar-refractivity contribution in [1.29, 1.82) is 0 Å². The predicted molar refractivity (Wildman–Crippen MR) is 70.1 cm³/mol. The third-order valence-corrected chi connectivity index (χ3v) is 3.64. The van der Waals surface area contributed by atoms with Gasteiger partial charge in [-0.1, -0.05) is 13.0 Å². The normalized spacial score (nSPS) is 22.5. The summed E-state index contributed by atoms with van der Waals surface area (Å²) < 4.78 is 0. The van der Waals surface area contributed by atoms with Crippen molar-refractivity contribution in [3.8, 4) is 0 Å². The van der Waals surface area contributed by atoms with Gasteiger partial charge in [-0.05, 0) is 38.7 Å². The molecule has 0 spiro atoms. The molecular formula is C14H22N2O. The predicted octanol–water partition coefficient (Wildman–Crippen LogP) is 2.90. The third kappa shape index (κ3) is 2.60. The first-order chi connectivity index (χ1) is 8.24. The molecule has 0 radical (unpaired) electrons. The number of hydrogen-bond donors (Lipinski definition) is 1. The van der Waals surface area contributed by atoms with Gasteiger partial charge in [0.05, 0.1) is 6.10 Å². The Balaban J connectivity index is 2.31. The van der Waals surface area contributed by atoms with Gasteiger partial charge in [0, 0.05) is 24.3 Å². The van der Waals surface area contributed by atoms with Gasteiger partial charge in [-0.25, -0.2) is 4.98 Å². The largest absolute Gasteiger partial charge is 0.389 e. The number of nitrogens with zero attached hydrogens (tertiary/aromatic N) is 2. The van der Waals surface area contributed by atoms with Crippen LogP contribution in [-0.4, -0.2) is 22.7 Å². The number of pyridine rings is 1. The maximum Gasteiger partial charge on any atom is 0.134 e. The molecule has 1 aromatic heterocycles. The average molecular weight is 234 g/mol. The van der Waals surface area contributed by atoms with Crippen molar-refractivity contribution in [3.63, 3.8) is 0 Å². The summed E-state index contributed by atoms with van der Waals surface area (Å²) in [4.78, 5) is 6.87. The summed E-state index contributed by atoms with van der Waals surface area (Å²) in [6, 6.07) is 4.46. The van der Waals surface area contributed by atoms with Crippen LogP contribution >= 0.6 is 0 Å². The highest BCUT2D eigenvalue weighted by Gasteiger charge is 2.24. The third-order valence-electron chi connectivity index (χ3n) is 3.64. The molecule has 1 N–H and O–H groups in total. The number of aromatic nitrogens is 1. The molecule has 1 aliphatic heterocycles. The smallest absolute Gasteiger partial charge is 0.134 e. The highest BCUT2D eigenvalue weighted by Crippen LogP contribution is 2.30. The van der Waals surface area contributed by atoms with Crippen LogP contribution in [0.3, 0.4) is 0 Å². The first kappa shape index (κ1) is 12.4. The van der Waals surface area contributed by atoms with Crippen molar-refractivity contribution in [2.24, 2.45) is 0 Å². The fourth-order valence-corrected chi connectivity index (χ4v) is 2.68. The Hall–Kier alpha value is -1.09. The lowest BCUT2D eigenvalue weighted by Crippen LogP contribution is -2.40. The van der Waals surface area contributed by atoms with Gasteiger partial charge in [0.2, 0.25) is 0 Å². The molecule has 1 saturated heterocycles. The van der Waals surface area contributed by atoms with Gasteiger partial charge in [0.15, 0.2) is 0 Å². The Morgan fingerprint density at radius 2 is 2.35 bits per heavy atom. The van der Waals surface area contributed by atoms with E-state index in [4.69, 9.17) is 0 Å². The van der Waals surface area contributed by atoms with Gasteiger partial charge < -0.3 is 10.0 Å². The molecule has 0 aromatic carbocycles. The molecular weight excluding hydrogens is 212 g/mol. The minimum absolute atomic E-state index is 0.446. The van der Waals surface area contributed by atoms with Gasteiger partial charge in [-0.15, -0.1) is 0 Å². The first-order valence-electron chi connectivity index (χ1n) is 6.63. The molecule has 17 heavy (non-hydrogen) atoms. The number of anilines is 1. The lowest BCUT2D eigenvalue weighted by atomic mass is 9.99. The summed E-state index contributed by atoms with van der Waals surface area (Å²) in [6.07, 6.45) is 6.31. The van der Waals surface area contributed by atoms with Crippen LogP contribution in [0, 0.1) is 0 Å². The van der Waals surface area contributed by atoms with Crippen molar-refractivity contribution in [2.45, 2.75) is 51.7 Å². The monoisotopic (exact) mass is 234 g/mol.